The van der Waals surface area contributed by atoms with Crippen molar-refractivity contribution in [2.75, 3.05) is 55.0 Å². The number of rotatable bonds is 8. The molecule has 2 amide bonds. The number of carbonyl (C=O) groups is 2. The minimum absolute atomic E-state index is 0.259. The lowest BCUT2D eigenvalue weighted by molar-refractivity contribution is 0.0951. The van der Waals surface area contributed by atoms with E-state index in [9.17, 15) is 14.0 Å². The van der Waals surface area contributed by atoms with E-state index < -0.39 is 0 Å². The molecule has 1 saturated heterocycles. The van der Waals surface area contributed by atoms with E-state index in [-0.39, 0.29) is 23.5 Å². The summed E-state index contributed by atoms with van der Waals surface area (Å²) in [5.41, 5.74) is 5.24. The van der Waals surface area contributed by atoms with Crippen LogP contribution < -0.4 is 20.7 Å². The van der Waals surface area contributed by atoms with E-state index in [0.717, 1.165) is 31.9 Å². The molecule has 2 aromatic carbocycles. The Bertz CT molecular complexity index is 1440. The van der Waals surface area contributed by atoms with Gasteiger partial charge in [-0.25, -0.2) is 4.39 Å². The maximum absolute atomic E-state index is 13.4. The molecule has 1 fully saturated rings. The largest absolute Gasteiger partial charge is 0.369 e. The van der Waals surface area contributed by atoms with Crippen molar-refractivity contribution in [3.8, 4) is 0 Å². The van der Waals surface area contributed by atoms with E-state index in [1.807, 2.05) is 38.1 Å². The Morgan fingerprint density at radius 2 is 1.74 bits per heavy atom. The van der Waals surface area contributed by atoms with Crippen molar-refractivity contribution in [2.24, 2.45) is 5.92 Å². The molecule has 0 saturated carbocycles. The van der Waals surface area contributed by atoms with E-state index >= 15 is 0 Å². The van der Waals surface area contributed by atoms with Crippen molar-refractivity contribution in [2.45, 2.75) is 13.8 Å². The molecular formula is C28H32FN7O2S. The second-order valence-corrected chi connectivity index (χ2v) is 11.2. The number of anilines is 3. The van der Waals surface area contributed by atoms with Crippen LogP contribution in [0.1, 0.15) is 33.9 Å². The molecule has 5 rings (SSSR count). The first-order valence-electron chi connectivity index (χ1n) is 12.9. The molecule has 2 aromatic heterocycles. The summed E-state index contributed by atoms with van der Waals surface area (Å²) in [6.45, 7) is 8.58. The van der Waals surface area contributed by atoms with Gasteiger partial charge < -0.3 is 15.1 Å². The summed E-state index contributed by atoms with van der Waals surface area (Å²) >= 11 is 1.25. The zero-order valence-corrected chi connectivity index (χ0v) is 23.0. The number of aromatic amines is 1. The number of nitrogens with one attached hydrogen (secondary N) is 3. The zero-order chi connectivity index (χ0) is 27.5. The average Bonchev–Trinajstić information content (AvgIpc) is 3.51. The van der Waals surface area contributed by atoms with Crippen molar-refractivity contribution in [3.05, 3.63) is 70.9 Å². The molecule has 3 heterocycles. The highest BCUT2D eigenvalue weighted by molar-refractivity contribution is 7.20. The Balaban J connectivity index is 1.27. The Morgan fingerprint density at radius 3 is 2.41 bits per heavy atom. The third-order valence-electron chi connectivity index (χ3n) is 6.63. The molecule has 0 aliphatic carbocycles. The molecule has 39 heavy (non-hydrogen) atoms. The van der Waals surface area contributed by atoms with Crippen molar-refractivity contribution in [3.63, 3.8) is 0 Å². The molecule has 1 aliphatic heterocycles. The van der Waals surface area contributed by atoms with Crippen molar-refractivity contribution >= 4 is 50.6 Å². The van der Waals surface area contributed by atoms with Gasteiger partial charge in [0.15, 0.2) is 5.82 Å². The number of hydrogen-bond donors (Lipinski definition) is 3. The van der Waals surface area contributed by atoms with Crippen LogP contribution in [0.4, 0.5) is 21.6 Å². The second-order valence-electron chi connectivity index (χ2n) is 10.1. The van der Waals surface area contributed by atoms with Gasteiger partial charge in [-0.3, -0.25) is 25.1 Å². The van der Waals surface area contributed by atoms with E-state index in [2.05, 4.69) is 37.8 Å². The fraction of sp³-hybridized carbons (Fsp3) is 0.321. The zero-order valence-electron chi connectivity index (χ0n) is 22.2. The predicted octanol–water partition coefficient (Wildman–Crippen LogP) is 4.58. The van der Waals surface area contributed by atoms with Crippen LogP contribution >= 0.6 is 11.3 Å². The van der Waals surface area contributed by atoms with Gasteiger partial charge in [-0.05, 0) is 67.6 Å². The van der Waals surface area contributed by atoms with Gasteiger partial charge in [-0.2, -0.15) is 5.10 Å². The number of H-pyrrole nitrogens is 1. The number of thiophene rings is 1. The normalized spacial score (nSPS) is 14.1. The number of piperazine rings is 1. The molecule has 4 aromatic rings. The number of fused-ring (bicyclic) bond motifs is 1. The summed E-state index contributed by atoms with van der Waals surface area (Å²) in [6, 6.07) is 15.3. The van der Waals surface area contributed by atoms with Crippen LogP contribution in [-0.2, 0) is 0 Å². The first-order valence-corrected chi connectivity index (χ1v) is 13.8. The molecule has 1 aliphatic rings. The first kappa shape index (κ1) is 26.6. The Kier molecular flexibility index (Phi) is 7.80. The summed E-state index contributed by atoms with van der Waals surface area (Å²) in [5, 5.41) is 12.4. The van der Waals surface area contributed by atoms with Crippen LogP contribution in [0.25, 0.3) is 10.2 Å². The van der Waals surface area contributed by atoms with Crippen LogP contribution in [0.15, 0.2) is 54.6 Å². The summed E-state index contributed by atoms with van der Waals surface area (Å²) < 4.78 is 13.4. The summed E-state index contributed by atoms with van der Waals surface area (Å²) in [6.07, 6.45) is 0. The number of aromatic nitrogens is 2. The molecule has 0 unspecified atom stereocenters. The lowest BCUT2D eigenvalue weighted by atomic mass is 10.1. The van der Waals surface area contributed by atoms with Gasteiger partial charge >= 0.3 is 0 Å². The van der Waals surface area contributed by atoms with Crippen molar-refractivity contribution in [1.29, 1.82) is 0 Å². The second kappa shape index (κ2) is 11.4. The van der Waals surface area contributed by atoms with Gasteiger partial charge in [0.2, 0.25) is 0 Å². The Morgan fingerprint density at radius 1 is 1.05 bits per heavy atom. The summed E-state index contributed by atoms with van der Waals surface area (Å²) in [7, 11) is 2.12. The highest BCUT2D eigenvalue weighted by atomic mass is 32.1. The third kappa shape index (κ3) is 6.21. The van der Waals surface area contributed by atoms with Crippen LogP contribution in [0, 0.1) is 11.7 Å². The first-order chi connectivity index (χ1) is 18.8. The van der Waals surface area contributed by atoms with E-state index in [0.29, 0.717) is 38.7 Å². The number of halogens is 1. The highest BCUT2D eigenvalue weighted by Gasteiger charge is 2.20. The SMILES string of the molecule is CC(C)CN(NC(=O)c1cc2c(NC(=O)c3ccc(N4CCN(C)CC4)cc3)n[nH]c2s1)c1ccc(F)cc1. The summed E-state index contributed by atoms with van der Waals surface area (Å²) in [5.74, 6) is -0.285. The van der Waals surface area contributed by atoms with Gasteiger partial charge in [-0.15, -0.1) is 11.3 Å². The van der Waals surface area contributed by atoms with E-state index in [1.54, 1.807) is 23.2 Å². The van der Waals surface area contributed by atoms with Crippen LogP contribution in [0.5, 0.6) is 0 Å². The molecule has 0 atom stereocenters. The minimum atomic E-state index is -0.338. The van der Waals surface area contributed by atoms with Crippen molar-refractivity contribution < 1.29 is 14.0 Å². The van der Waals surface area contributed by atoms with Crippen LogP contribution in [-0.4, -0.2) is 66.7 Å². The van der Waals surface area contributed by atoms with Gasteiger partial charge in [-0.1, -0.05) is 13.8 Å². The van der Waals surface area contributed by atoms with Crippen LogP contribution in [0.3, 0.4) is 0 Å². The maximum Gasteiger partial charge on any atom is 0.279 e. The molecule has 204 valence electrons. The molecule has 11 heteroatoms. The molecule has 0 spiro atoms. The van der Waals surface area contributed by atoms with Gasteiger partial charge in [0.05, 0.1) is 16.0 Å². The lowest BCUT2D eigenvalue weighted by Crippen LogP contribution is -2.44. The molecule has 0 bridgehead atoms. The quantitative estimate of drug-likeness (QED) is 0.279. The summed E-state index contributed by atoms with van der Waals surface area (Å²) in [4.78, 5) is 31.9. The lowest BCUT2D eigenvalue weighted by Gasteiger charge is -2.34. The average molecular weight is 550 g/mol. The smallest absolute Gasteiger partial charge is 0.279 e. The molecule has 9 nitrogen and oxygen atoms in total. The fourth-order valence-electron chi connectivity index (χ4n) is 4.47. The minimum Gasteiger partial charge on any atom is -0.369 e. The Hall–Kier alpha value is -3.96. The maximum atomic E-state index is 13.4. The number of carbonyl (C=O) groups excluding carboxylic acids is 2. The molecule has 3 N–H and O–H groups in total. The Labute approximate surface area is 230 Å². The number of amides is 2. The van der Waals surface area contributed by atoms with Gasteiger partial charge in [0.25, 0.3) is 11.8 Å². The van der Waals surface area contributed by atoms with Crippen LogP contribution in [0.2, 0.25) is 0 Å². The topological polar surface area (TPSA) is 96.6 Å². The number of nitrogens with zero attached hydrogens (tertiary/aromatic N) is 4. The number of hydrogen-bond acceptors (Lipinski definition) is 7. The van der Waals surface area contributed by atoms with Crippen molar-refractivity contribution in [1.82, 2.24) is 20.5 Å². The van der Waals surface area contributed by atoms with Gasteiger partial charge in [0.1, 0.15) is 10.6 Å². The number of hydrazine groups is 1. The highest BCUT2D eigenvalue weighted by Crippen LogP contribution is 2.30. The van der Waals surface area contributed by atoms with E-state index in [1.165, 1.54) is 23.5 Å². The standard InChI is InChI=1S/C28H32FN7O2S/c1-18(2)17-36(22-10-6-20(29)7-11-22)33-27(38)24-16-23-25(31-32-28(23)39-24)30-26(37)19-4-8-21(9-5-19)35-14-12-34(3)13-15-35/h4-11,16,18H,12-15,17H2,1-3H3,(H,33,38)(H2,30,31,32,37). The third-order valence-corrected chi connectivity index (χ3v) is 7.67. The van der Waals surface area contributed by atoms with E-state index in [4.69, 9.17) is 0 Å². The fourth-order valence-corrected chi connectivity index (χ4v) is 5.36. The van der Waals surface area contributed by atoms with Gasteiger partial charge in [0, 0.05) is 44.0 Å². The predicted molar refractivity (Wildman–Crippen MR) is 154 cm³/mol. The molecular weight excluding hydrogens is 517 g/mol. The molecule has 0 radical (unpaired) electrons. The number of benzene rings is 2. The number of likely N-dealkylation sites (N-methyl/N-ethyl adjacent to an activating group) is 1. The monoisotopic (exact) mass is 549 g/mol.